The van der Waals surface area contributed by atoms with E-state index in [-0.39, 0.29) is 6.17 Å². The highest BCUT2D eigenvalue weighted by atomic mass is 15.6. The summed E-state index contributed by atoms with van der Waals surface area (Å²) < 4.78 is 0. The molecule has 1 aromatic carbocycles. The summed E-state index contributed by atoms with van der Waals surface area (Å²) >= 11 is 0. The maximum Gasteiger partial charge on any atom is 0.144 e. The van der Waals surface area contributed by atoms with Crippen molar-refractivity contribution < 1.29 is 0 Å². The molecule has 1 N–H and O–H groups in total. The Labute approximate surface area is 94.8 Å². The van der Waals surface area contributed by atoms with Gasteiger partial charge in [-0.15, -0.1) is 0 Å². The Morgan fingerprint density at radius 1 is 1.25 bits per heavy atom. The number of aliphatic imine (C=N–C) groups is 1. The molecule has 80 valence electrons. The molecule has 0 saturated carbocycles. The highest BCUT2D eigenvalue weighted by molar-refractivity contribution is 6.01. The summed E-state index contributed by atoms with van der Waals surface area (Å²) in [7, 11) is 0. The monoisotopic (exact) mass is 211 g/mol. The molecular weight excluding hydrogens is 198 g/mol. The molecule has 2 aliphatic rings. The van der Waals surface area contributed by atoms with Crippen molar-refractivity contribution >= 4 is 11.5 Å². The summed E-state index contributed by atoms with van der Waals surface area (Å²) in [6, 6.07) is 10.3. The van der Waals surface area contributed by atoms with Gasteiger partial charge in [-0.3, -0.25) is 5.01 Å². The van der Waals surface area contributed by atoms with Crippen LogP contribution < -0.4 is 5.43 Å². The van der Waals surface area contributed by atoms with E-state index >= 15 is 0 Å². The van der Waals surface area contributed by atoms with Crippen molar-refractivity contribution in [1.29, 1.82) is 0 Å². The lowest BCUT2D eigenvalue weighted by atomic mass is 10.1. The minimum absolute atomic E-state index is 0.143. The molecule has 0 radical (unpaired) electrons. The standard InChI is InChI=1S/C13H13N3/c1-10-14-13-9-5-8-12(16(13)15-10)11-6-3-2-4-7-11/h2-10,15H,1H3. The van der Waals surface area contributed by atoms with Gasteiger partial charge in [-0.25, -0.2) is 10.4 Å². The Hall–Kier alpha value is -1.87. The maximum absolute atomic E-state index is 4.49. The molecule has 0 spiro atoms. The second-order valence-corrected chi connectivity index (χ2v) is 3.90. The third-order valence-electron chi connectivity index (χ3n) is 2.68. The second-order valence-electron chi connectivity index (χ2n) is 3.90. The van der Waals surface area contributed by atoms with Gasteiger partial charge < -0.3 is 0 Å². The first kappa shape index (κ1) is 9.36. The first-order valence-electron chi connectivity index (χ1n) is 5.42. The lowest BCUT2D eigenvalue weighted by Crippen LogP contribution is -2.38. The number of amidine groups is 1. The molecule has 2 heterocycles. The molecule has 3 nitrogen and oxygen atoms in total. The first-order chi connectivity index (χ1) is 7.84. The molecular formula is C13H13N3. The van der Waals surface area contributed by atoms with Crippen LogP contribution in [0, 0.1) is 0 Å². The largest absolute Gasteiger partial charge is 0.257 e. The van der Waals surface area contributed by atoms with Crippen LogP contribution in [0.2, 0.25) is 0 Å². The highest BCUT2D eigenvalue weighted by Gasteiger charge is 2.25. The van der Waals surface area contributed by atoms with Crippen LogP contribution in [0.4, 0.5) is 0 Å². The van der Waals surface area contributed by atoms with E-state index < -0.39 is 0 Å². The van der Waals surface area contributed by atoms with Crippen LogP contribution in [-0.2, 0) is 0 Å². The van der Waals surface area contributed by atoms with Crippen molar-refractivity contribution in [3.8, 4) is 0 Å². The second kappa shape index (κ2) is 3.61. The molecule has 0 bridgehead atoms. The van der Waals surface area contributed by atoms with E-state index in [1.54, 1.807) is 0 Å². The summed E-state index contributed by atoms with van der Waals surface area (Å²) in [6.07, 6.45) is 6.30. The zero-order valence-corrected chi connectivity index (χ0v) is 9.09. The summed E-state index contributed by atoms with van der Waals surface area (Å²) in [4.78, 5) is 4.49. The van der Waals surface area contributed by atoms with Gasteiger partial charge in [0.05, 0.1) is 5.70 Å². The van der Waals surface area contributed by atoms with Gasteiger partial charge in [0, 0.05) is 0 Å². The van der Waals surface area contributed by atoms with Crippen LogP contribution in [0.25, 0.3) is 5.70 Å². The van der Waals surface area contributed by atoms with Crippen molar-refractivity contribution in [2.75, 3.05) is 0 Å². The topological polar surface area (TPSA) is 27.6 Å². The number of hydrogen-bond acceptors (Lipinski definition) is 3. The lowest BCUT2D eigenvalue weighted by molar-refractivity contribution is 0.412. The number of allylic oxidation sites excluding steroid dienone is 2. The van der Waals surface area contributed by atoms with Gasteiger partial charge in [0.2, 0.25) is 0 Å². The van der Waals surface area contributed by atoms with Crippen LogP contribution in [0.15, 0.2) is 53.6 Å². The van der Waals surface area contributed by atoms with E-state index in [4.69, 9.17) is 0 Å². The quantitative estimate of drug-likeness (QED) is 0.770. The minimum atomic E-state index is 0.143. The fourth-order valence-electron chi connectivity index (χ4n) is 1.98. The van der Waals surface area contributed by atoms with E-state index in [0.717, 1.165) is 11.5 Å². The Morgan fingerprint density at radius 2 is 2.06 bits per heavy atom. The average Bonchev–Trinajstić information content (AvgIpc) is 2.70. The van der Waals surface area contributed by atoms with Crippen LogP contribution in [-0.4, -0.2) is 17.0 Å². The molecule has 3 rings (SSSR count). The first-order valence-corrected chi connectivity index (χ1v) is 5.42. The van der Waals surface area contributed by atoms with Gasteiger partial charge in [-0.1, -0.05) is 36.4 Å². The molecule has 1 aromatic rings. The predicted molar refractivity (Wildman–Crippen MR) is 65.4 cm³/mol. The third-order valence-corrected chi connectivity index (χ3v) is 2.68. The molecule has 2 aliphatic heterocycles. The molecule has 0 saturated heterocycles. The Kier molecular flexibility index (Phi) is 2.11. The number of rotatable bonds is 1. The maximum atomic E-state index is 4.49. The predicted octanol–water partition coefficient (Wildman–Crippen LogP) is 2.16. The zero-order chi connectivity index (χ0) is 11.0. The lowest BCUT2D eigenvalue weighted by Gasteiger charge is -2.25. The average molecular weight is 211 g/mol. The molecule has 16 heavy (non-hydrogen) atoms. The third kappa shape index (κ3) is 1.46. The minimum Gasteiger partial charge on any atom is -0.257 e. The molecule has 0 aliphatic carbocycles. The number of hydrogen-bond donors (Lipinski definition) is 1. The van der Waals surface area contributed by atoms with Crippen molar-refractivity contribution in [1.82, 2.24) is 10.4 Å². The van der Waals surface area contributed by atoms with E-state index in [2.05, 4.69) is 28.6 Å². The van der Waals surface area contributed by atoms with Crippen LogP contribution in [0.1, 0.15) is 12.5 Å². The smallest absolute Gasteiger partial charge is 0.144 e. The van der Waals surface area contributed by atoms with E-state index in [9.17, 15) is 0 Å². The number of benzene rings is 1. The molecule has 1 atom stereocenters. The fourth-order valence-corrected chi connectivity index (χ4v) is 1.98. The highest BCUT2D eigenvalue weighted by Crippen LogP contribution is 2.24. The Balaban J connectivity index is 2.01. The van der Waals surface area contributed by atoms with Crippen molar-refractivity contribution in [2.24, 2.45) is 4.99 Å². The van der Waals surface area contributed by atoms with Crippen molar-refractivity contribution in [2.45, 2.75) is 13.1 Å². The molecule has 0 fully saturated rings. The number of fused-ring (bicyclic) bond motifs is 1. The van der Waals surface area contributed by atoms with Gasteiger partial charge in [0.1, 0.15) is 12.0 Å². The summed E-state index contributed by atoms with van der Waals surface area (Å²) in [6.45, 7) is 2.04. The molecule has 0 amide bonds. The van der Waals surface area contributed by atoms with Crippen molar-refractivity contribution in [3.05, 3.63) is 54.1 Å². The van der Waals surface area contributed by atoms with E-state index in [0.29, 0.717) is 0 Å². The summed E-state index contributed by atoms with van der Waals surface area (Å²) in [5, 5.41) is 2.04. The zero-order valence-electron chi connectivity index (χ0n) is 9.09. The normalized spacial score (nSPS) is 22.8. The van der Waals surface area contributed by atoms with Crippen molar-refractivity contribution in [3.63, 3.8) is 0 Å². The van der Waals surface area contributed by atoms with Crippen LogP contribution in [0.3, 0.4) is 0 Å². The summed E-state index contributed by atoms with van der Waals surface area (Å²) in [5.74, 6) is 0.980. The number of nitrogens with one attached hydrogen (secondary N) is 1. The molecule has 1 unspecified atom stereocenters. The summed E-state index contributed by atoms with van der Waals surface area (Å²) in [5.41, 5.74) is 5.65. The van der Waals surface area contributed by atoms with E-state index in [1.165, 1.54) is 5.56 Å². The van der Waals surface area contributed by atoms with Gasteiger partial charge in [-0.05, 0) is 24.6 Å². The van der Waals surface area contributed by atoms with Gasteiger partial charge in [0.25, 0.3) is 0 Å². The Morgan fingerprint density at radius 3 is 2.88 bits per heavy atom. The number of hydrazine groups is 1. The number of nitrogens with zero attached hydrogens (tertiary/aromatic N) is 2. The van der Waals surface area contributed by atoms with Gasteiger partial charge in [-0.2, -0.15) is 0 Å². The van der Waals surface area contributed by atoms with Crippen LogP contribution >= 0.6 is 0 Å². The van der Waals surface area contributed by atoms with E-state index in [1.807, 2.05) is 42.3 Å². The van der Waals surface area contributed by atoms with Gasteiger partial charge >= 0.3 is 0 Å². The van der Waals surface area contributed by atoms with Gasteiger partial charge in [0.15, 0.2) is 0 Å². The molecule has 3 heteroatoms. The van der Waals surface area contributed by atoms with Crippen LogP contribution in [0.5, 0.6) is 0 Å². The molecule has 0 aromatic heterocycles. The SMILES string of the molecule is CC1N=C2C=CC=C(c3ccccc3)N2N1. The fraction of sp³-hybridized carbons (Fsp3) is 0.154. The Bertz CT molecular complexity index is 485.